The Kier molecular flexibility index (Phi) is 5.58. The third kappa shape index (κ3) is 4.08. The van der Waals surface area contributed by atoms with Gasteiger partial charge in [0.05, 0.1) is 22.6 Å². The van der Waals surface area contributed by atoms with Crippen molar-refractivity contribution in [1.29, 1.82) is 0 Å². The van der Waals surface area contributed by atoms with Crippen LogP contribution in [0.25, 0.3) is 0 Å². The molecule has 29 heavy (non-hydrogen) atoms. The first-order valence-corrected chi connectivity index (χ1v) is 8.95. The zero-order valence-electron chi connectivity index (χ0n) is 15.8. The number of halogens is 2. The lowest BCUT2D eigenvalue weighted by molar-refractivity contribution is -0.387. The Morgan fingerprint density at radius 2 is 1.90 bits per heavy atom. The predicted octanol–water partition coefficient (Wildman–Crippen LogP) is 3.45. The van der Waals surface area contributed by atoms with Gasteiger partial charge in [-0.05, 0) is 36.8 Å². The summed E-state index contributed by atoms with van der Waals surface area (Å²) in [6.07, 6.45) is -0.0511. The van der Waals surface area contributed by atoms with Crippen LogP contribution in [0.3, 0.4) is 0 Å². The molecule has 0 spiro atoms. The lowest BCUT2D eigenvalue weighted by Crippen LogP contribution is -2.36. The Balaban J connectivity index is 1.75. The first-order chi connectivity index (χ1) is 13.7. The van der Waals surface area contributed by atoms with Crippen LogP contribution in [0, 0.1) is 27.7 Å². The summed E-state index contributed by atoms with van der Waals surface area (Å²) in [5, 5.41) is 10.9. The molecule has 2 unspecified atom stereocenters. The molecule has 1 aliphatic heterocycles. The maximum atomic E-state index is 13.6. The first-order valence-electron chi connectivity index (χ1n) is 8.95. The molecule has 0 N–H and O–H groups in total. The van der Waals surface area contributed by atoms with Crippen LogP contribution in [0.4, 0.5) is 20.2 Å². The van der Waals surface area contributed by atoms with Crippen LogP contribution in [-0.4, -0.2) is 35.2 Å². The number of carbonyl (C=O) groups excluding carboxylic acids is 2. The topological polar surface area (TPSA) is 83.8 Å². The molecule has 1 saturated heterocycles. The van der Waals surface area contributed by atoms with E-state index < -0.39 is 22.3 Å². The van der Waals surface area contributed by atoms with E-state index in [1.807, 2.05) is 0 Å². The van der Waals surface area contributed by atoms with E-state index in [0.717, 1.165) is 17.7 Å². The van der Waals surface area contributed by atoms with E-state index in [9.17, 15) is 28.5 Å². The largest absolute Gasteiger partial charge is 0.339 e. The molecule has 0 radical (unpaired) electrons. The number of nitro benzene ring substituents is 1. The molecule has 0 aromatic heterocycles. The van der Waals surface area contributed by atoms with Crippen molar-refractivity contribution in [1.82, 2.24) is 4.90 Å². The first kappa shape index (κ1) is 20.4. The number of nitrogens with zero attached hydrogens (tertiary/aromatic N) is 3. The molecule has 2 amide bonds. The van der Waals surface area contributed by atoms with Gasteiger partial charge in [-0.15, -0.1) is 0 Å². The summed E-state index contributed by atoms with van der Waals surface area (Å²) in [6.45, 7) is 1.84. The third-order valence-electron chi connectivity index (χ3n) is 5.19. The van der Waals surface area contributed by atoms with Crippen LogP contribution in [0.15, 0.2) is 42.5 Å². The Hall–Kier alpha value is -3.36. The number of hydrogen-bond acceptors (Lipinski definition) is 4. The summed E-state index contributed by atoms with van der Waals surface area (Å²) in [5.41, 5.74) is 0.192. The Morgan fingerprint density at radius 3 is 2.52 bits per heavy atom. The molecule has 7 nitrogen and oxygen atoms in total. The van der Waals surface area contributed by atoms with Gasteiger partial charge in [0.2, 0.25) is 17.6 Å². The second kappa shape index (κ2) is 7.94. The molecule has 1 heterocycles. The van der Waals surface area contributed by atoms with Gasteiger partial charge in [0.25, 0.3) is 0 Å². The van der Waals surface area contributed by atoms with Gasteiger partial charge < -0.3 is 9.80 Å². The van der Waals surface area contributed by atoms with Crippen molar-refractivity contribution >= 4 is 23.2 Å². The maximum Gasteiger partial charge on any atom is 0.306 e. The molecule has 3 rings (SSSR count). The molecule has 0 aliphatic carbocycles. The highest BCUT2D eigenvalue weighted by Gasteiger charge is 2.38. The Labute approximate surface area is 165 Å². The van der Waals surface area contributed by atoms with Crippen LogP contribution < -0.4 is 4.90 Å². The van der Waals surface area contributed by atoms with E-state index in [4.69, 9.17) is 0 Å². The summed E-state index contributed by atoms with van der Waals surface area (Å²) in [4.78, 5) is 38.1. The number of rotatable bonds is 5. The van der Waals surface area contributed by atoms with Crippen molar-refractivity contribution in [3.63, 3.8) is 0 Å². The van der Waals surface area contributed by atoms with Crippen molar-refractivity contribution in [2.75, 3.05) is 18.5 Å². The minimum atomic E-state index is -0.995. The summed E-state index contributed by atoms with van der Waals surface area (Å²) in [7, 11) is 1.60. The SMILES string of the molecule is CC(c1ccc(F)cc1)N(C)C(=O)C1CC(=O)N(c2ccc(F)c([N+](=O)[O-])c2)C1. The minimum Gasteiger partial charge on any atom is -0.339 e. The standard InChI is InChI=1S/C20H19F2N3O4/c1-12(13-3-5-15(21)6-4-13)23(2)20(27)14-9-19(26)24(11-14)16-7-8-17(22)18(10-16)25(28)29/h3-8,10,12,14H,9,11H2,1-2H3. The van der Waals surface area contributed by atoms with Crippen LogP contribution in [-0.2, 0) is 9.59 Å². The molecule has 1 fully saturated rings. The summed E-state index contributed by atoms with van der Waals surface area (Å²) in [5.74, 6) is -2.65. The van der Waals surface area contributed by atoms with Gasteiger partial charge in [0.1, 0.15) is 5.82 Å². The van der Waals surface area contributed by atoms with Gasteiger partial charge >= 0.3 is 5.69 Å². The van der Waals surface area contributed by atoms with Crippen LogP contribution in [0.2, 0.25) is 0 Å². The molecule has 0 saturated carbocycles. The number of amides is 2. The van der Waals surface area contributed by atoms with Crippen LogP contribution in [0.5, 0.6) is 0 Å². The van der Waals surface area contributed by atoms with Crippen molar-refractivity contribution < 1.29 is 23.3 Å². The molecule has 9 heteroatoms. The van der Waals surface area contributed by atoms with Gasteiger partial charge in [-0.2, -0.15) is 4.39 Å². The van der Waals surface area contributed by atoms with Gasteiger partial charge in [0.15, 0.2) is 0 Å². The zero-order chi connectivity index (χ0) is 21.3. The van der Waals surface area contributed by atoms with Gasteiger partial charge in [-0.1, -0.05) is 12.1 Å². The number of benzene rings is 2. The van der Waals surface area contributed by atoms with Gasteiger partial charge in [0, 0.05) is 26.1 Å². The van der Waals surface area contributed by atoms with Crippen molar-refractivity contribution in [2.24, 2.45) is 5.92 Å². The predicted molar refractivity (Wildman–Crippen MR) is 101 cm³/mol. The van der Waals surface area contributed by atoms with Gasteiger partial charge in [-0.25, -0.2) is 4.39 Å². The van der Waals surface area contributed by atoms with E-state index in [0.29, 0.717) is 0 Å². The highest BCUT2D eigenvalue weighted by molar-refractivity contribution is 6.00. The summed E-state index contributed by atoms with van der Waals surface area (Å²) < 4.78 is 26.7. The normalized spacial score (nSPS) is 17.3. The molecule has 2 aromatic rings. The van der Waals surface area contributed by atoms with E-state index in [2.05, 4.69) is 0 Å². The van der Waals surface area contributed by atoms with E-state index >= 15 is 0 Å². The van der Waals surface area contributed by atoms with E-state index in [1.165, 1.54) is 28.0 Å². The van der Waals surface area contributed by atoms with Crippen LogP contribution in [0.1, 0.15) is 24.9 Å². The number of carbonyl (C=O) groups is 2. The molecule has 1 aliphatic rings. The monoisotopic (exact) mass is 403 g/mol. The average Bonchev–Trinajstić information content (AvgIpc) is 3.08. The maximum absolute atomic E-state index is 13.6. The Morgan fingerprint density at radius 1 is 1.24 bits per heavy atom. The number of anilines is 1. The molecule has 2 aromatic carbocycles. The summed E-state index contributed by atoms with van der Waals surface area (Å²) >= 11 is 0. The Bertz CT molecular complexity index is 965. The highest BCUT2D eigenvalue weighted by atomic mass is 19.1. The molecular weight excluding hydrogens is 384 g/mol. The highest BCUT2D eigenvalue weighted by Crippen LogP contribution is 2.31. The lowest BCUT2D eigenvalue weighted by Gasteiger charge is -2.28. The van der Waals surface area contributed by atoms with Gasteiger partial charge in [-0.3, -0.25) is 19.7 Å². The van der Waals surface area contributed by atoms with Crippen molar-refractivity contribution in [3.05, 3.63) is 69.8 Å². The quantitative estimate of drug-likeness (QED) is 0.566. The fraction of sp³-hybridized carbons (Fsp3) is 0.300. The average molecular weight is 403 g/mol. The third-order valence-corrected chi connectivity index (χ3v) is 5.19. The fourth-order valence-electron chi connectivity index (χ4n) is 3.38. The van der Waals surface area contributed by atoms with Crippen molar-refractivity contribution in [2.45, 2.75) is 19.4 Å². The summed E-state index contributed by atoms with van der Waals surface area (Å²) in [6, 6.07) is 8.67. The second-order valence-corrected chi connectivity index (χ2v) is 6.97. The second-order valence-electron chi connectivity index (χ2n) is 6.97. The number of nitro groups is 1. The minimum absolute atomic E-state index is 0.0426. The van der Waals surface area contributed by atoms with Crippen LogP contribution >= 0.6 is 0 Å². The van der Waals surface area contributed by atoms with Crippen molar-refractivity contribution in [3.8, 4) is 0 Å². The number of hydrogen-bond donors (Lipinski definition) is 0. The molecule has 2 atom stereocenters. The lowest BCUT2D eigenvalue weighted by atomic mass is 10.0. The molecule has 0 bridgehead atoms. The smallest absolute Gasteiger partial charge is 0.306 e. The zero-order valence-corrected chi connectivity index (χ0v) is 15.8. The molecular formula is C20H19F2N3O4. The molecule has 152 valence electrons. The van der Waals surface area contributed by atoms with E-state index in [1.54, 1.807) is 26.1 Å². The van der Waals surface area contributed by atoms with E-state index in [-0.39, 0.29) is 42.3 Å². The fourth-order valence-corrected chi connectivity index (χ4v) is 3.38.